The molecule has 2 N–H and O–H groups in total. The van der Waals surface area contributed by atoms with Crippen LogP contribution in [0.3, 0.4) is 0 Å². The van der Waals surface area contributed by atoms with E-state index in [1.807, 2.05) is 6.07 Å². The topological polar surface area (TPSA) is 40.5 Å². The summed E-state index contributed by atoms with van der Waals surface area (Å²) in [5, 5.41) is 17.8. The molecule has 2 nitrogen and oxygen atoms in total. The van der Waals surface area contributed by atoms with Crippen LogP contribution >= 0.6 is 0 Å². The van der Waals surface area contributed by atoms with Crippen molar-refractivity contribution < 1.29 is 10.0 Å². The molecule has 0 saturated heterocycles. The van der Waals surface area contributed by atoms with Gasteiger partial charge in [0.05, 0.1) is 0 Å². The average molecular weight is 160 g/mol. The zero-order valence-electron chi connectivity index (χ0n) is 6.78. The summed E-state index contributed by atoms with van der Waals surface area (Å²) in [4.78, 5) is 0. The summed E-state index contributed by atoms with van der Waals surface area (Å²) >= 11 is 0. The largest absolute Gasteiger partial charge is 0.489 e. The van der Waals surface area contributed by atoms with E-state index < -0.39 is 7.12 Å². The molecule has 0 heterocycles. The molecule has 1 rings (SSSR count). The first-order chi connectivity index (χ1) is 5.75. The summed E-state index contributed by atoms with van der Waals surface area (Å²) in [5.74, 6) is 5.49. The molecule has 60 valence electrons. The molecule has 3 heteroatoms. The highest BCUT2D eigenvalue weighted by Gasteiger charge is 2.13. The standard InChI is InChI=1S/C9H9BO2/c1-2-5-8-6-3-4-7-9(8)10(11)12/h3-4,6-7,11-12H,1H3. The number of hydrogen-bond donors (Lipinski definition) is 2. The van der Waals surface area contributed by atoms with Crippen molar-refractivity contribution in [2.75, 3.05) is 0 Å². The van der Waals surface area contributed by atoms with E-state index in [-0.39, 0.29) is 0 Å². The van der Waals surface area contributed by atoms with Crippen LogP contribution < -0.4 is 5.46 Å². The van der Waals surface area contributed by atoms with Gasteiger partial charge in [-0.25, -0.2) is 0 Å². The summed E-state index contributed by atoms with van der Waals surface area (Å²) in [7, 11) is -1.44. The van der Waals surface area contributed by atoms with Gasteiger partial charge in [-0.3, -0.25) is 0 Å². The lowest BCUT2D eigenvalue weighted by atomic mass is 9.77. The third-order valence-corrected chi connectivity index (χ3v) is 1.50. The molecule has 0 amide bonds. The molecule has 12 heavy (non-hydrogen) atoms. The van der Waals surface area contributed by atoms with Gasteiger partial charge in [0.15, 0.2) is 0 Å². The summed E-state index contributed by atoms with van der Waals surface area (Å²) < 4.78 is 0. The van der Waals surface area contributed by atoms with Crippen LogP contribution in [-0.2, 0) is 0 Å². The van der Waals surface area contributed by atoms with Gasteiger partial charge in [0.25, 0.3) is 0 Å². The number of hydrogen-bond acceptors (Lipinski definition) is 2. The van der Waals surface area contributed by atoms with Crippen LogP contribution in [0.25, 0.3) is 0 Å². The lowest BCUT2D eigenvalue weighted by Gasteiger charge is -2.00. The van der Waals surface area contributed by atoms with Gasteiger partial charge in [0.2, 0.25) is 0 Å². The molecule has 0 unspecified atom stereocenters. The number of rotatable bonds is 1. The average Bonchev–Trinajstić information content (AvgIpc) is 2.05. The Morgan fingerprint density at radius 3 is 2.50 bits per heavy atom. The van der Waals surface area contributed by atoms with Gasteiger partial charge >= 0.3 is 7.12 Å². The molecule has 1 aromatic carbocycles. The molecule has 0 radical (unpaired) electrons. The van der Waals surface area contributed by atoms with Gasteiger partial charge < -0.3 is 10.0 Å². The molecule has 0 aliphatic heterocycles. The Morgan fingerprint density at radius 1 is 1.25 bits per heavy atom. The van der Waals surface area contributed by atoms with Crippen LogP contribution in [0.15, 0.2) is 24.3 Å². The molecule has 1 aromatic rings. The second kappa shape index (κ2) is 3.96. The van der Waals surface area contributed by atoms with E-state index in [9.17, 15) is 0 Å². The summed E-state index contributed by atoms with van der Waals surface area (Å²) in [6, 6.07) is 6.96. The first-order valence-corrected chi connectivity index (χ1v) is 3.63. The van der Waals surface area contributed by atoms with E-state index in [1.54, 1.807) is 25.1 Å². The lowest BCUT2D eigenvalue weighted by Crippen LogP contribution is -2.32. The van der Waals surface area contributed by atoms with E-state index in [1.165, 1.54) is 0 Å². The quantitative estimate of drug-likeness (QED) is 0.438. The summed E-state index contributed by atoms with van der Waals surface area (Å²) in [6.45, 7) is 1.71. The van der Waals surface area contributed by atoms with E-state index in [2.05, 4.69) is 11.8 Å². The first-order valence-electron chi connectivity index (χ1n) is 3.63. The monoisotopic (exact) mass is 160 g/mol. The predicted octanol–water partition coefficient (Wildman–Crippen LogP) is -0.262. The zero-order valence-corrected chi connectivity index (χ0v) is 6.78. The summed E-state index contributed by atoms with van der Waals surface area (Å²) in [5.41, 5.74) is 1.11. The van der Waals surface area contributed by atoms with Gasteiger partial charge in [0, 0.05) is 5.56 Å². The molecule has 0 spiro atoms. The van der Waals surface area contributed by atoms with Crippen LogP contribution in [0.2, 0.25) is 0 Å². The zero-order chi connectivity index (χ0) is 8.97. The van der Waals surface area contributed by atoms with E-state index in [0.717, 1.165) is 0 Å². The molecule has 0 aliphatic carbocycles. The van der Waals surface area contributed by atoms with Gasteiger partial charge in [-0.05, 0) is 18.5 Å². The molecular weight excluding hydrogens is 151 g/mol. The fourth-order valence-electron chi connectivity index (χ4n) is 0.971. The first kappa shape index (κ1) is 8.86. The van der Waals surface area contributed by atoms with Crippen LogP contribution in [0.4, 0.5) is 0 Å². The van der Waals surface area contributed by atoms with Crippen molar-refractivity contribution in [1.82, 2.24) is 0 Å². The maximum absolute atomic E-state index is 8.92. The van der Waals surface area contributed by atoms with Crippen molar-refractivity contribution in [3.63, 3.8) is 0 Å². The van der Waals surface area contributed by atoms with Crippen molar-refractivity contribution in [3.05, 3.63) is 29.8 Å². The van der Waals surface area contributed by atoms with Crippen LogP contribution in [0.5, 0.6) is 0 Å². The Kier molecular flexibility index (Phi) is 2.92. The van der Waals surface area contributed by atoms with Crippen LogP contribution in [-0.4, -0.2) is 17.2 Å². The predicted molar refractivity (Wildman–Crippen MR) is 48.8 cm³/mol. The second-order valence-corrected chi connectivity index (χ2v) is 2.34. The Bertz CT molecular complexity index is 323. The van der Waals surface area contributed by atoms with Crippen molar-refractivity contribution in [2.24, 2.45) is 0 Å². The van der Waals surface area contributed by atoms with Gasteiger partial charge in [0.1, 0.15) is 0 Å². The Balaban J connectivity index is 3.14. The lowest BCUT2D eigenvalue weighted by molar-refractivity contribution is 0.425. The second-order valence-electron chi connectivity index (χ2n) is 2.34. The highest BCUT2D eigenvalue weighted by molar-refractivity contribution is 6.59. The molecule has 0 fully saturated rings. The molecular formula is C9H9BO2. The SMILES string of the molecule is CC#Cc1ccccc1B(O)O. The van der Waals surface area contributed by atoms with E-state index in [0.29, 0.717) is 11.0 Å². The molecule has 0 aromatic heterocycles. The smallest absolute Gasteiger partial charge is 0.423 e. The van der Waals surface area contributed by atoms with E-state index >= 15 is 0 Å². The molecule has 0 bridgehead atoms. The van der Waals surface area contributed by atoms with Gasteiger partial charge in [-0.2, -0.15) is 0 Å². The van der Waals surface area contributed by atoms with Crippen molar-refractivity contribution in [3.8, 4) is 11.8 Å². The van der Waals surface area contributed by atoms with Crippen LogP contribution in [0.1, 0.15) is 12.5 Å². The highest BCUT2D eigenvalue weighted by Crippen LogP contribution is 1.94. The summed E-state index contributed by atoms with van der Waals surface area (Å²) in [6.07, 6.45) is 0. The maximum Gasteiger partial charge on any atom is 0.489 e. The highest BCUT2D eigenvalue weighted by atomic mass is 16.4. The van der Waals surface area contributed by atoms with Gasteiger partial charge in [-0.1, -0.05) is 24.1 Å². The van der Waals surface area contributed by atoms with Crippen molar-refractivity contribution in [1.29, 1.82) is 0 Å². The molecule has 0 atom stereocenters. The third-order valence-electron chi connectivity index (χ3n) is 1.50. The fraction of sp³-hybridized carbons (Fsp3) is 0.111. The number of benzene rings is 1. The molecule has 0 aliphatic rings. The fourth-order valence-corrected chi connectivity index (χ4v) is 0.971. The Hall–Kier alpha value is -1.24. The molecule has 0 saturated carbocycles. The van der Waals surface area contributed by atoms with Gasteiger partial charge in [-0.15, -0.1) is 5.92 Å². The maximum atomic E-state index is 8.92. The van der Waals surface area contributed by atoms with E-state index in [4.69, 9.17) is 10.0 Å². The van der Waals surface area contributed by atoms with Crippen molar-refractivity contribution in [2.45, 2.75) is 6.92 Å². The Labute approximate surface area is 72.0 Å². The normalized spacial score (nSPS) is 8.58. The van der Waals surface area contributed by atoms with Crippen molar-refractivity contribution >= 4 is 12.6 Å². The third kappa shape index (κ3) is 1.88. The Morgan fingerprint density at radius 2 is 1.92 bits per heavy atom. The minimum Gasteiger partial charge on any atom is -0.423 e. The minimum atomic E-state index is -1.44. The minimum absolute atomic E-state index is 0.451. The van der Waals surface area contributed by atoms with Crippen LogP contribution in [0, 0.1) is 11.8 Å².